The summed E-state index contributed by atoms with van der Waals surface area (Å²) in [5.74, 6) is 0.350. The number of aromatic amines is 1. The third-order valence-electron chi connectivity index (χ3n) is 4.98. The van der Waals surface area contributed by atoms with Crippen molar-refractivity contribution in [1.82, 2.24) is 25.1 Å². The summed E-state index contributed by atoms with van der Waals surface area (Å²) in [6.07, 6.45) is 1.55. The van der Waals surface area contributed by atoms with E-state index in [0.29, 0.717) is 22.8 Å². The Labute approximate surface area is 192 Å². The number of hydrogen-bond acceptors (Lipinski definition) is 6. The number of halogens is 2. The van der Waals surface area contributed by atoms with Crippen LogP contribution in [0.25, 0.3) is 45.6 Å². The van der Waals surface area contributed by atoms with Gasteiger partial charge >= 0.3 is 0 Å². The molecule has 7 nitrogen and oxygen atoms in total. The predicted molar refractivity (Wildman–Crippen MR) is 120 cm³/mol. The SMILES string of the molecule is Cc1cccc(-c2noc(-c3ccc(-c4[nH]c(-c5c(F)cccc5Cl)nc4C#N)cn3)n2)c1. The Kier molecular flexibility index (Phi) is 5.17. The molecule has 0 aliphatic carbocycles. The largest absolute Gasteiger partial charge is 0.337 e. The van der Waals surface area contributed by atoms with Crippen molar-refractivity contribution >= 4 is 11.6 Å². The summed E-state index contributed by atoms with van der Waals surface area (Å²) in [6.45, 7) is 1.99. The van der Waals surface area contributed by atoms with E-state index < -0.39 is 5.82 Å². The fraction of sp³-hybridized carbons (Fsp3) is 0.0417. The average molecular weight is 457 g/mol. The summed E-state index contributed by atoms with van der Waals surface area (Å²) in [5, 5.41) is 13.7. The number of nitrogens with one attached hydrogen (secondary N) is 1. The molecule has 3 heterocycles. The minimum Gasteiger partial charge on any atom is -0.337 e. The van der Waals surface area contributed by atoms with Crippen LogP contribution >= 0.6 is 11.6 Å². The van der Waals surface area contributed by atoms with E-state index in [-0.39, 0.29) is 28.0 Å². The van der Waals surface area contributed by atoms with Gasteiger partial charge in [0.05, 0.1) is 16.3 Å². The van der Waals surface area contributed by atoms with Gasteiger partial charge in [0.1, 0.15) is 23.4 Å². The molecule has 0 fully saturated rings. The molecule has 0 saturated heterocycles. The van der Waals surface area contributed by atoms with Gasteiger partial charge in [0, 0.05) is 17.3 Å². The van der Waals surface area contributed by atoms with Crippen LogP contribution < -0.4 is 0 Å². The summed E-state index contributed by atoms with van der Waals surface area (Å²) in [5.41, 5.74) is 3.58. The summed E-state index contributed by atoms with van der Waals surface area (Å²) in [4.78, 5) is 16.0. The van der Waals surface area contributed by atoms with Crippen LogP contribution in [-0.4, -0.2) is 25.1 Å². The molecule has 0 aliphatic rings. The minimum atomic E-state index is -0.540. The third-order valence-corrected chi connectivity index (χ3v) is 5.30. The highest BCUT2D eigenvalue weighted by Gasteiger charge is 2.19. The molecule has 0 radical (unpaired) electrons. The Morgan fingerprint density at radius 1 is 1.06 bits per heavy atom. The lowest BCUT2D eigenvalue weighted by Gasteiger charge is -2.02. The Hall–Kier alpha value is -4.35. The van der Waals surface area contributed by atoms with Crippen LogP contribution in [0.15, 0.2) is 65.3 Å². The molecule has 160 valence electrons. The van der Waals surface area contributed by atoms with Crippen LogP contribution in [0.5, 0.6) is 0 Å². The van der Waals surface area contributed by atoms with E-state index in [9.17, 15) is 9.65 Å². The number of rotatable bonds is 4. The van der Waals surface area contributed by atoms with E-state index in [1.807, 2.05) is 37.3 Å². The number of H-pyrrole nitrogens is 1. The fourth-order valence-corrected chi connectivity index (χ4v) is 3.66. The molecule has 33 heavy (non-hydrogen) atoms. The number of aryl methyl sites for hydroxylation is 1. The van der Waals surface area contributed by atoms with Crippen LogP contribution in [-0.2, 0) is 0 Å². The second kappa shape index (κ2) is 8.30. The predicted octanol–water partition coefficient (Wildman–Crippen LogP) is 5.83. The fourth-order valence-electron chi connectivity index (χ4n) is 3.40. The Balaban J connectivity index is 1.47. The standard InChI is InChI=1S/C24H14ClFN6O/c1-13-4-2-5-14(10-13)22-31-24(33-32-22)18-9-8-15(12-28-18)21-19(11-27)29-23(30-21)20-16(25)6-3-7-17(20)26/h2-10,12H,1H3,(H,29,30). The van der Waals surface area contributed by atoms with E-state index >= 15 is 0 Å². The van der Waals surface area contributed by atoms with Crippen molar-refractivity contribution < 1.29 is 8.91 Å². The molecule has 0 unspecified atom stereocenters. The zero-order valence-corrected chi connectivity index (χ0v) is 17.9. The summed E-state index contributed by atoms with van der Waals surface area (Å²) in [6, 6.07) is 17.6. The number of pyridine rings is 1. The van der Waals surface area contributed by atoms with Crippen LogP contribution in [0.3, 0.4) is 0 Å². The molecular formula is C24H14ClFN6O. The Morgan fingerprint density at radius 3 is 2.64 bits per heavy atom. The highest BCUT2D eigenvalue weighted by atomic mass is 35.5. The molecule has 1 N–H and O–H groups in total. The van der Waals surface area contributed by atoms with Gasteiger partial charge in [0.15, 0.2) is 5.69 Å². The van der Waals surface area contributed by atoms with Crippen molar-refractivity contribution in [3.63, 3.8) is 0 Å². The van der Waals surface area contributed by atoms with Gasteiger partial charge in [0.25, 0.3) is 5.89 Å². The first-order chi connectivity index (χ1) is 16.0. The van der Waals surface area contributed by atoms with Crippen molar-refractivity contribution in [2.75, 3.05) is 0 Å². The lowest BCUT2D eigenvalue weighted by atomic mass is 10.1. The monoisotopic (exact) mass is 456 g/mol. The quantitative estimate of drug-likeness (QED) is 0.365. The van der Waals surface area contributed by atoms with Crippen molar-refractivity contribution in [2.24, 2.45) is 0 Å². The lowest BCUT2D eigenvalue weighted by molar-refractivity contribution is 0.431. The maximum atomic E-state index is 14.3. The highest BCUT2D eigenvalue weighted by Crippen LogP contribution is 2.32. The molecular weight excluding hydrogens is 443 g/mol. The van der Waals surface area contributed by atoms with Gasteiger partial charge in [-0.25, -0.2) is 9.37 Å². The number of benzene rings is 2. The molecule has 0 bridgehead atoms. The number of imidazole rings is 1. The molecule has 2 aromatic carbocycles. The number of nitriles is 1. The molecule has 3 aromatic heterocycles. The van der Waals surface area contributed by atoms with Gasteiger partial charge in [-0.2, -0.15) is 10.2 Å². The highest BCUT2D eigenvalue weighted by molar-refractivity contribution is 6.33. The first kappa shape index (κ1) is 20.5. The van der Waals surface area contributed by atoms with E-state index in [0.717, 1.165) is 11.1 Å². The molecule has 0 amide bonds. The normalized spacial score (nSPS) is 10.8. The summed E-state index contributed by atoms with van der Waals surface area (Å²) >= 11 is 6.14. The molecule has 9 heteroatoms. The van der Waals surface area contributed by atoms with Crippen molar-refractivity contribution in [3.8, 4) is 51.7 Å². The Morgan fingerprint density at radius 2 is 1.91 bits per heavy atom. The summed E-state index contributed by atoms with van der Waals surface area (Å²) < 4.78 is 19.7. The minimum absolute atomic E-state index is 0.0957. The van der Waals surface area contributed by atoms with Crippen LogP contribution in [0, 0.1) is 24.1 Å². The van der Waals surface area contributed by atoms with E-state index in [2.05, 4.69) is 25.1 Å². The average Bonchev–Trinajstić information content (AvgIpc) is 3.47. The lowest BCUT2D eigenvalue weighted by Crippen LogP contribution is -1.89. The first-order valence-corrected chi connectivity index (χ1v) is 10.2. The molecule has 0 spiro atoms. The molecule has 0 aliphatic heterocycles. The van der Waals surface area contributed by atoms with Gasteiger partial charge in [-0.05, 0) is 37.3 Å². The van der Waals surface area contributed by atoms with E-state index in [4.69, 9.17) is 16.1 Å². The first-order valence-electron chi connectivity index (χ1n) is 9.85. The number of aromatic nitrogens is 5. The number of nitrogens with zero attached hydrogens (tertiary/aromatic N) is 5. The van der Waals surface area contributed by atoms with Gasteiger partial charge in [-0.1, -0.05) is 46.6 Å². The van der Waals surface area contributed by atoms with Crippen molar-refractivity contribution in [3.05, 3.63) is 82.9 Å². The second-order valence-corrected chi connectivity index (χ2v) is 7.65. The van der Waals surface area contributed by atoms with Gasteiger partial charge in [-0.15, -0.1) is 0 Å². The summed E-state index contributed by atoms with van der Waals surface area (Å²) in [7, 11) is 0. The smallest absolute Gasteiger partial charge is 0.276 e. The maximum Gasteiger partial charge on any atom is 0.276 e. The molecule has 5 rings (SSSR count). The number of hydrogen-bond donors (Lipinski definition) is 1. The third kappa shape index (κ3) is 3.86. The van der Waals surface area contributed by atoms with Gasteiger partial charge in [0.2, 0.25) is 5.82 Å². The van der Waals surface area contributed by atoms with Crippen molar-refractivity contribution in [2.45, 2.75) is 6.92 Å². The van der Waals surface area contributed by atoms with Crippen molar-refractivity contribution in [1.29, 1.82) is 5.26 Å². The zero-order chi connectivity index (χ0) is 22.9. The van der Waals surface area contributed by atoms with Gasteiger partial charge < -0.3 is 9.51 Å². The van der Waals surface area contributed by atoms with Crippen LogP contribution in [0.1, 0.15) is 11.3 Å². The van der Waals surface area contributed by atoms with E-state index in [1.165, 1.54) is 12.1 Å². The molecule has 5 aromatic rings. The topological polar surface area (TPSA) is 104 Å². The molecule has 0 atom stereocenters. The van der Waals surface area contributed by atoms with Crippen LogP contribution in [0.4, 0.5) is 4.39 Å². The molecule has 0 saturated carbocycles. The zero-order valence-electron chi connectivity index (χ0n) is 17.2. The van der Waals surface area contributed by atoms with E-state index in [1.54, 1.807) is 24.4 Å². The second-order valence-electron chi connectivity index (χ2n) is 7.24. The van der Waals surface area contributed by atoms with Gasteiger partial charge in [-0.3, -0.25) is 4.98 Å². The maximum absolute atomic E-state index is 14.3. The van der Waals surface area contributed by atoms with Crippen LogP contribution in [0.2, 0.25) is 5.02 Å². The Bertz CT molecular complexity index is 1500.